The molecule has 0 radical (unpaired) electrons. The molecule has 5 heteroatoms. The van der Waals surface area contributed by atoms with Crippen LogP contribution in [0.5, 0.6) is 0 Å². The number of piperidine rings is 1. The highest BCUT2D eigenvalue weighted by Gasteiger charge is 2.34. The highest BCUT2D eigenvalue weighted by Crippen LogP contribution is 2.34. The van der Waals surface area contributed by atoms with Gasteiger partial charge in [-0.05, 0) is 24.0 Å². The van der Waals surface area contributed by atoms with E-state index < -0.39 is 6.10 Å². The predicted octanol–water partition coefficient (Wildman–Crippen LogP) is 1.85. The lowest BCUT2D eigenvalue weighted by Gasteiger charge is -2.43. The molecule has 3 heterocycles. The molecule has 0 spiro atoms. The summed E-state index contributed by atoms with van der Waals surface area (Å²) in [6, 6.07) is 15.6. The average molecular weight is 354 g/mol. The van der Waals surface area contributed by atoms with Crippen LogP contribution >= 0.6 is 0 Å². The van der Waals surface area contributed by atoms with E-state index in [0.29, 0.717) is 31.6 Å². The van der Waals surface area contributed by atoms with Crippen LogP contribution in [-0.4, -0.2) is 46.9 Å². The maximum absolute atomic E-state index is 12.1. The number of aliphatic hydroxyl groups excluding tert-OH is 1. The van der Waals surface area contributed by atoms with Crippen molar-refractivity contribution >= 4 is 0 Å². The molecular weight excluding hydrogens is 328 g/mol. The first-order chi connectivity index (χ1) is 12.7. The van der Waals surface area contributed by atoms with Crippen molar-refractivity contribution in [3.8, 4) is 0 Å². The average Bonchev–Trinajstić information content (AvgIpc) is 2.63. The van der Waals surface area contributed by atoms with Crippen LogP contribution in [-0.2, 0) is 17.9 Å². The van der Waals surface area contributed by atoms with Gasteiger partial charge in [0.1, 0.15) is 0 Å². The van der Waals surface area contributed by atoms with Gasteiger partial charge in [-0.25, -0.2) is 0 Å². The molecule has 1 fully saturated rings. The monoisotopic (exact) mass is 354 g/mol. The van der Waals surface area contributed by atoms with Crippen LogP contribution in [0.2, 0.25) is 0 Å². The lowest BCUT2D eigenvalue weighted by Crippen LogP contribution is -2.49. The maximum Gasteiger partial charge on any atom is 0.250 e. The van der Waals surface area contributed by atoms with Crippen molar-refractivity contribution in [1.82, 2.24) is 9.47 Å². The molecule has 26 heavy (non-hydrogen) atoms. The molecule has 0 aliphatic carbocycles. The zero-order chi connectivity index (χ0) is 17.9. The Balaban J connectivity index is 1.30. The zero-order valence-corrected chi connectivity index (χ0v) is 15.0. The SMILES string of the molecule is O=c1cccc2n1C[C@H]1C[C@H]2CN(C[C@@H](O)COCc2ccccc2)C1. The largest absolute Gasteiger partial charge is 0.389 e. The van der Waals surface area contributed by atoms with Gasteiger partial charge in [0, 0.05) is 43.9 Å². The van der Waals surface area contributed by atoms with E-state index >= 15 is 0 Å². The van der Waals surface area contributed by atoms with Crippen molar-refractivity contribution < 1.29 is 9.84 Å². The van der Waals surface area contributed by atoms with Crippen LogP contribution in [0.4, 0.5) is 0 Å². The van der Waals surface area contributed by atoms with Crippen LogP contribution in [0.25, 0.3) is 0 Å². The number of aliphatic hydroxyl groups is 1. The molecule has 2 bridgehead atoms. The zero-order valence-electron chi connectivity index (χ0n) is 15.0. The summed E-state index contributed by atoms with van der Waals surface area (Å²) in [5, 5.41) is 10.4. The third-order valence-corrected chi connectivity index (χ3v) is 5.45. The van der Waals surface area contributed by atoms with Crippen LogP contribution < -0.4 is 5.56 Å². The van der Waals surface area contributed by atoms with E-state index in [-0.39, 0.29) is 5.56 Å². The second-order valence-corrected chi connectivity index (χ2v) is 7.57. The Labute approximate surface area is 153 Å². The summed E-state index contributed by atoms with van der Waals surface area (Å²) < 4.78 is 7.61. The van der Waals surface area contributed by atoms with Crippen molar-refractivity contribution in [3.05, 3.63) is 70.1 Å². The van der Waals surface area contributed by atoms with E-state index in [1.807, 2.05) is 41.0 Å². The van der Waals surface area contributed by atoms with Gasteiger partial charge in [-0.3, -0.25) is 9.69 Å². The molecule has 1 aromatic heterocycles. The minimum atomic E-state index is -0.490. The number of aromatic nitrogens is 1. The van der Waals surface area contributed by atoms with Gasteiger partial charge in [0.25, 0.3) is 5.56 Å². The third kappa shape index (κ3) is 3.90. The molecule has 1 aromatic carbocycles. The minimum absolute atomic E-state index is 0.111. The molecule has 5 nitrogen and oxygen atoms in total. The predicted molar refractivity (Wildman–Crippen MR) is 100 cm³/mol. The van der Waals surface area contributed by atoms with Crippen molar-refractivity contribution in [2.45, 2.75) is 31.6 Å². The first-order valence-corrected chi connectivity index (χ1v) is 9.41. The fourth-order valence-corrected chi connectivity index (χ4v) is 4.38. The molecule has 2 aliphatic heterocycles. The molecule has 0 unspecified atom stereocenters. The quantitative estimate of drug-likeness (QED) is 0.860. The highest BCUT2D eigenvalue weighted by molar-refractivity contribution is 5.17. The molecule has 0 saturated carbocycles. The van der Waals surface area contributed by atoms with Crippen molar-refractivity contribution in [1.29, 1.82) is 0 Å². The second kappa shape index (κ2) is 7.74. The lowest BCUT2D eigenvalue weighted by atomic mass is 9.83. The van der Waals surface area contributed by atoms with Gasteiger partial charge in [0.05, 0.1) is 19.3 Å². The molecule has 3 atom stereocenters. The fraction of sp³-hybridized carbons (Fsp3) is 0.476. The highest BCUT2D eigenvalue weighted by atomic mass is 16.5. The summed E-state index contributed by atoms with van der Waals surface area (Å²) in [4.78, 5) is 14.4. The standard InChI is InChI=1S/C21H26N2O3/c24-19(15-26-14-16-5-2-1-3-6-16)13-22-10-17-9-18(12-22)20-7-4-8-21(25)23(20)11-17/h1-8,17-19,24H,9-15H2/t17-,18-,19+/m0/s1. The van der Waals surface area contributed by atoms with Gasteiger partial charge < -0.3 is 14.4 Å². The number of hydrogen-bond acceptors (Lipinski definition) is 4. The van der Waals surface area contributed by atoms with E-state index in [1.54, 1.807) is 6.07 Å². The van der Waals surface area contributed by atoms with Crippen molar-refractivity contribution in [2.24, 2.45) is 5.92 Å². The fourth-order valence-electron chi connectivity index (χ4n) is 4.38. The van der Waals surface area contributed by atoms with Crippen LogP contribution in [0.1, 0.15) is 23.6 Å². The Morgan fingerprint density at radius 1 is 1.08 bits per heavy atom. The van der Waals surface area contributed by atoms with E-state index in [1.165, 1.54) is 0 Å². The van der Waals surface area contributed by atoms with Gasteiger partial charge in [-0.1, -0.05) is 36.4 Å². The molecule has 2 aromatic rings. The normalized spacial score (nSPS) is 23.4. The number of likely N-dealkylation sites (tertiary alicyclic amines) is 1. The summed E-state index contributed by atoms with van der Waals surface area (Å²) in [5.74, 6) is 0.868. The lowest BCUT2D eigenvalue weighted by molar-refractivity contribution is -0.00248. The smallest absolute Gasteiger partial charge is 0.250 e. The first kappa shape index (κ1) is 17.5. The van der Waals surface area contributed by atoms with Crippen molar-refractivity contribution in [3.63, 3.8) is 0 Å². The summed E-state index contributed by atoms with van der Waals surface area (Å²) >= 11 is 0. The second-order valence-electron chi connectivity index (χ2n) is 7.57. The Morgan fingerprint density at radius 3 is 2.77 bits per heavy atom. The number of rotatable bonds is 6. The molecule has 1 saturated heterocycles. The van der Waals surface area contributed by atoms with Crippen LogP contribution in [0.15, 0.2) is 53.3 Å². The number of nitrogens with zero attached hydrogens (tertiary/aromatic N) is 2. The molecule has 4 rings (SSSR count). The van der Waals surface area contributed by atoms with Gasteiger partial charge >= 0.3 is 0 Å². The molecule has 0 amide bonds. The number of pyridine rings is 1. The van der Waals surface area contributed by atoms with Gasteiger partial charge in [-0.2, -0.15) is 0 Å². The topological polar surface area (TPSA) is 54.7 Å². The number of hydrogen-bond donors (Lipinski definition) is 1. The molecule has 138 valence electrons. The van der Waals surface area contributed by atoms with Crippen molar-refractivity contribution in [2.75, 3.05) is 26.2 Å². The number of fused-ring (bicyclic) bond motifs is 4. The van der Waals surface area contributed by atoms with E-state index in [2.05, 4.69) is 11.0 Å². The molecule has 1 N–H and O–H groups in total. The van der Waals surface area contributed by atoms with E-state index in [9.17, 15) is 9.90 Å². The number of ether oxygens (including phenoxy) is 1. The van der Waals surface area contributed by atoms with Crippen LogP contribution in [0, 0.1) is 5.92 Å². The summed E-state index contributed by atoms with van der Waals surface area (Å²) in [5.41, 5.74) is 2.38. The summed E-state index contributed by atoms with van der Waals surface area (Å²) in [6.07, 6.45) is 0.649. The Bertz CT molecular complexity index is 789. The third-order valence-electron chi connectivity index (χ3n) is 5.45. The van der Waals surface area contributed by atoms with Gasteiger partial charge in [-0.15, -0.1) is 0 Å². The maximum atomic E-state index is 12.1. The number of β-amino-alcohol motifs (C(OH)–C–C–N with tert-alkyl or cyclic N) is 1. The molecule has 2 aliphatic rings. The summed E-state index contributed by atoms with van der Waals surface area (Å²) in [7, 11) is 0. The van der Waals surface area contributed by atoms with Gasteiger partial charge in [0.15, 0.2) is 0 Å². The van der Waals surface area contributed by atoms with Crippen LogP contribution in [0.3, 0.4) is 0 Å². The Hall–Kier alpha value is -1.95. The summed E-state index contributed by atoms with van der Waals surface area (Å²) in [6.45, 7) is 4.13. The Kier molecular flexibility index (Phi) is 5.20. The molecular formula is C21H26N2O3. The minimum Gasteiger partial charge on any atom is -0.389 e. The Morgan fingerprint density at radius 2 is 1.92 bits per heavy atom. The number of benzene rings is 1. The first-order valence-electron chi connectivity index (χ1n) is 9.41. The van der Waals surface area contributed by atoms with E-state index in [4.69, 9.17) is 4.74 Å². The van der Waals surface area contributed by atoms with Gasteiger partial charge in [0.2, 0.25) is 0 Å². The van der Waals surface area contributed by atoms with E-state index in [0.717, 1.165) is 37.3 Å².